The van der Waals surface area contributed by atoms with Crippen LogP contribution in [0.3, 0.4) is 0 Å². The van der Waals surface area contributed by atoms with Crippen molar-refractivity contribution in [2.75, 3.05) is 7.11 Å². The molecule has 17 heavy (non-hydrogen) atoms. The van der Waals surface area contributed by atoms with Crippen molar-refractivity contribution in [2.45, 2.75) is 0 Å². The van der Waals surface area contributed by atoms with E-state index in [1.807, 2.05) is 0 Å². The lowest BCUT2D eigenvalue weighted by atomic mass is 10.1. The van der Waals surface area contributed by atoms with Crippen LogP contribution in [-0.4, -0.2) is 23.0 Å². The van der Waals surface area contributed by atoms with Crippen molar-refractivity contribution < 1.29 is 13.9 Å². The van der Waals surface area contributed by atoms with Gasteiger partial charge in [0, 0.05) is 18.0 Å². The largest absolute Gasteiger partial charge is 0.465 e. The van der Waals surface area contributed by atoms with Crippen molar-refractivity contribution in [1.82, 2.24) is 9.97 Å². The van der Waals surface area contributed by atoms with E-state index in [2.05, 4.69) is 14.7 Å². The van der Waals surface area contributed by atoms with Crippen molar-refractivity contribution in [3.05, 3.63) is 48.0 Å². The van der Waals surface area contributed by atoms with Crippen molar-refractivity contribution in [3.8, 4) is 11.4 Å². The highest BCUT2D eigenvalue weighted by atomic mass is 19.1. The molecule has 0 radical (unpaired) electrons. The molecule has 86 valence electrons. The van der Waals surface area contributed by atoms with Crippen LogP contribution in [0.1, 0.15) is 10.4 Å². The number of benzene rings is 1. The molecule has 0 bridgehead atoms. The Balaban J connectivity index is 2.62. The summed E-state index contributed by atoms with van der Waals surface area (Å²) >= 11 is 0. The van der Waals surface area contributed by atoms with Gasteiger partial charge in [0.15, 0.2) is 5.82 Å². The predicted molar refractivity (Wildman–Crippen MR) is 58.8 cm³/mol. The predicted octanol–water partition coefficient (Wildman–Crippen LogP) is 2.07. The van der Waals surface area contributed by atoms with Crippen LogP contribution in [0.5, 0.6) is 0 Å². The van der Waals surface area contributed by atoms with Crippen molar-refractivity contribution in [3.63, 3.8) is 0 Å². The Morgan fingerprint density at radius 2 is 1.94 bits per heavy atom. The number of aromatic nitrogens is 2. The van der Waals surface area contributed by atoms with E-state index in [0.717, 1.165) is 0 Å². The van der Waals surface area contributed by atoms with E-state index >= 15 is 0 Å². The monoisotopic (exact) mass is 232 g/mol. The molecule has 0 aliphatic rings. The minimum Gasteiger partial charge on any atom is -0.465 e. The average Bonchev–Trinajstić information content (AvgIpc) is 2.38. The summed E-state index contributed by atoms with van der Waals surface area (Å²) in [5, 5.41) is 0. The Kier molecular flexibility index (Phi) is 3.09. The second-order valence-corrected chi connectivity index (χ2v) is 3.23. The smallest absolute Gasteiger partial charge is 0.341 e. The summed E-state index contributed by atoms with van der Waals surface area (Å²) in [6, 6.07) is 5.90. The molecule has 4 nitrogen and oxygen atoms in total. The number of hydrogen-bond donors (Lipinski definition) is 0. The zero-order valence-electron chi connectivity index (χ0n) is 9.05. The van der Waals surface area contributed by atoms with Gasteiger partial charge in [0.25, 0.3) is 0 Å². The minimum atomic E-state index is -0.745. The topological polar surface area (TPSA) is 52.1 Å². The highest BCUT2D eigenvalue weighted by Crippen LogP contribution is 2.22. The van der Waals surface area contributed by atoms with Crippen molar-refractivity contribution >= 4 is 5.97 Å². The fourth-order valence-electron chi connectivity index (χ4n) is 1.46. The molecule has 0 atom stereocenters. The molecule has 0 saturated carbocycles. The van der Waals surface area contributed by atoms with E-state index in [-0.39, 0.29) is 11.4 Å². The maximum atomic E-state index is 13.6. The number of halogens is 1. The summed E-state index contributed by atoms with van der Waals surface area (Å²) in [5.74, 6) is -1.11. The molecule has 0 aliphatic carbocycles. The Hall–Kier alpha value is -2.30. The second kappa shape index (κ2) is 4.69. The molecule has 2 aromatic rings. The SMILES string of the molecule is COC(=O)c1c(F)cccc1-c1ncccn1. The molecule has 0 spiro atoms. The van der Waals surface area contributed by atoms with Crippen LogP contribution in [0.2, 0.25) is 0 Å². The van der Waals surface area contributed by atoms with E-state index in [0.29, 0.717) is 5.56 Å². The number of rotatable bonds is 2. The summed E-state index contributed by atoms with van der Waals surface area (Å²) in [7, 11) is 1.20. The van der Waals surface area contributed by atoms with Gasteiger partial charge >= 0.3 is 5.97 Å². The van der Waals surface area contributed by atoms with Crippen LogP contribution in [0.15, 0.2) is 36.7 Å². The first-order chi connectivity index (χ1) is 8.24. The molecule has 0 saturated heterocycles. The fourth-order valence-corrected chi connectivity index (χ4v) is 1.46. The van der Waals surface area contributed by atoms with E-state index in [1.54, 1.807) is 12.1 Å². The molecule has 5 heteroatoms. The number of carbonyl (C=O) groups is 1. The fraction of sp³-hybridized carbons (Fsp3) is 0.0833. The van der Waals surface area contributed by atoms with Crippen molar-refractivity contribution in [2.24, 2.45) is 0 Å². The van der Waals surface area contributed by atoms with Gasteiger partial charge in [-0.3, -0.25) is 0 Å². The molecular weight excluding hydrogens is 223 g/mol. The molecule has 0 unspecified atom stereocenters. The van der Waals surface area contributed by atoms with Gasteiger partial charge in [-0.25, -0.2) is 19.2 Å². The Morgan fingerprint density at radius 1 is 1.24 bits per heavy atom. The molecule has 1 heterocycles. The maximum Gasteiger partial charge on any atom is 0.341 e. The second-order valence-electron chi connectivity index (χ2n) is 3.23. The van der Waals surface area contributed by atoms with E-state index in [4.69, 9.17) is 0 Å². The first kappa shape index (κ1) is 11.2. The summed E-state index contributed by atoms with van der Waals surface area (Å²) in [5.41, 5.74) is 0.165. The Labute approximate surface area is 97.1 Å². The van der Waals surface area contributed by atoms with Crippen LogP contribution in [-0.2, 0) is 4.74 Å². The standard InChI is InChI=1S/C12H9FN2O2/c1-17-12(16)10-8(4-2-5-9(10)13)11-14-6-3-7-15-11/h2-7H,1H3. The zero-order valence-corrected chi connectivity index (χ0v) is 9.05. The lowest BCUT2D eigenvalue weighted by molar-refractivity contribution is 0.0596. The molecule has 0 N–H and O–H groups in total. The molecule has 0 fully saturated rings. The zero-order chi connectivity index (χ0) is 12.3. The molecule has 0 aliphatic heterocycles. The Bertz CT molecular complexity index is 543. The number of ether oxygens (including phenoxy) is 1. The normalized spacial score (nSPS) is 10.0. The molecule has 0 amide bonds. The van der Waals surface area contributed by atoms with Gasteiger partial charge in [0.1, 0.15) is 11.4 Å². The summed E-state index contributed by atoms with van der Waals surface area (Å²) in [4.78, 5) is 19.5. The highest BCUT2D eigenvalue weighted by Gasteiger charge is 2.19. The first-order valence-electron chi connectivity index (χ1n) is 4.88. The third-order valence-corrected chi connectivity index (χ3v) is 2.21. The van der Waals surface area contributed by atoms with E-state index in [1.165, 1.54) is 31.6 Å². The number of carbonyl (C=O) groups excluding carboxylic acids is 1. The van der Waals surface area contributed by atoms with Gasteiger partial charge in [-0.15, -0.1) is 0 Å². The molecule has 1 aromatic heterocycles. The third-order valence-electron chi connectivity index (χ3n) is 2.21. The number of nitrogens with zero attached hydrogens (tertiary/aromatic N) is 2. The van der Waals surface area contributed by atoms with Gasteiger partial charge in [-0.2, -0.15) is 0 Å². The maximum absolute atomic E-state index is 13.6. The van der Waals surface area contributed by atoms with Gasteiger partial charge in [-0.1, -0.05) is 12.1 Å². The van der Waals surface area contributed by atoms with Crippen LogP contribution in [0, 0.1) is 5.82 Å². The number of hydrogen-bond acceptors (Lipinski definition) is 4. The third kappa shape index (κ3) is 2.13. The molecule has 2 rings (SSSR count). The molecule has 1 aromatic carbocycles. The summed E-state index contributed by atoms with van der Waals surface area (Å²) in [6.45, 7) is 0. The number of methoxy groups -OCH3 is 1. The summed E-state index contributed by atoms with van der Waals surface area (Å²) < 4.78 is 18.2. The Morgan fingerprint density at radius 3 is 2.59 bits per heavy atom. The highest BCUT2D eigenvalue weighted by molar-refractivity contribution is 5.96. The first-order valence-corrected chi connectivity index (χ1v) is 4.88. The van der Waals surface area contributed by atoms with Gasteiger partial charge < -0.3 is 4.74 Å². The van der Waals surface area contributed by atoms with Crippen LogP contribution in [0.25, 0.3) is 11.4 Å². The lowest BCUT2D eigenvalue weighted by Crippen LogP contribution is -2.07. The van der Waals surface area contributed by atoms with Gasteiger partial charge in [0.05, 0.1) is 7.11 Å². The van der Waals surface area contributed by atoms with E-state index in [9.17, 15) is 9.18 Å². The summed E-state index contributed by atoms with van der Waals surface area (Å²) in [6.07, 6.45) is 3.04. The van der Waals surface area contributed by atoms with Gasteiger partial charge in [0.2, 0.25) is 0 Å². The van der Waals surface area contributed by atoms with Crippen molar-refractivity contribution in [1.29, 1.82) is 0 Å². The van der Waals surface area contributed by atoms with Gasteiger partial charge in [-0.05, 0) is 12.1 Å². The average molecular weight is 232 g/mol. The lowest BCUT2D eigenvalue weighted by Gasteiger charge is -2.07. The van der Waals surface area contributed by atoms with Crippen LogP contribution >= 0.6 is 0 Å². The molecular formula is C12H9FN2O2. The van der Waals surface area contributed by atoms with Crippen LogP contribution in [0.4, 0.5) is 4.39 Å². The quantitative estimate of drug-likeness (QED) is 0.744. The van der Waals surface area contributed by atoms with E-state index < -0.39 is 11.8 Å². The van der Waals surface area contributed by atoms with Crippen LogP contribution < -0.4 is 0 Å². The number of esters is 1. The minimum absolute atomic E-state index is 0.152.